The van der Waals surface area contributed by atoms with E-state index in [1.54, 1.807) is 0 Å². The quantitative estimate of drug-likeness (QED) is 0.804. The zero-order chi connectivity index (χ0) is 13.0. The number of hydrogen-bond acceptors (Lipinski definition) is 3. The highest BCUT2D eigenvalue weighted by Gasteiger charge is 2.21. The third-order valence-corrected chi connectivity index (χ3v) is 3.64. The molecular formula is C13H17BrClNO2. The van der Waals surface area contributed by atoms with E-state index in [0.717, 1.165) is 22.7 Å². The van der Waals surface area contributed by atoms with Crippen LogP contribution < -0.4 is 5.32 Å². The van der Waals surface area contributed by atoms with Crippen molar-refractivity contribution in [1.82, 2.24) is 0 Å². The number of halogens is 2. The Morgan fingerprint density at radius 2 is 2.28 bits per heavy atom. The third kappa shape index (κ3) is 4.76. The number of hydrogen-bond donors (Lipinski definition) is 2. The number of rotatable bonds is 7. The van der Waals surface area contributed by atoms with Crippen LogP contribution in [0.3, 0.4) is 0 Å². The van der Waals surface area contributed by atoms with Crippen LogP contribution in [0.25, 0.3) is 0 Å². The number of nitrogens with one attached hydrogen (secondary N) is 1. The summed E-state index contributed by atoms with van der Waals surface area (Å²) < 4.78 is 6.38. The molecular weight excluding hydrogens is 318 g/mol. The Labute approximate surface area is 121 Å². The maximum absolute atomic E-state index is 9.76. The van der Waals surface area contributed by atoms with Gasteiger partial charge in [0.05, 0.1) is 23.4 Å². The molecule has 0 spiro atoms. The topological polar surface area (TPSA) is 41.5 Å². The average molecular weight is 335 g/mol. The second-order valence-electron chi connectivity index (χ2n) is 4.64. The summed E-state index contributed by atoms with van der Waals surface area (Å²) in [6.45, 7) is 1.57. The first kappa shape index (κ1) is 14.1. The molecule has 1 unspecified atom stereocenters. The van der Waals surface area contributed by atoms with E-state index in [9.17, 15) is 5.11 Å². The molecule has 2 rings (SSSR count). The fourth-order valence-electron chi connectivity index (χ4n) is 1.57. The number of aliphatic hydroxyl groups is 1. The van der Waals surface area contributed by atoms with E-state index in [-0.39, 0.29) is 0 Å². The van der Waals surface area contributed by atoms with Crippen molar-refractivity contribution >= 4 is 33.2 Å². The predicted octanol–water partition coefficient (Wildman–Crippen LogP) is 3.30. The van der Waals surface area contributed by atoms with E-state index in [1.165, 1.54) is 12.8 Å². The minimum Gasteiger partial charge on any atom is -0.389 e. The lowest BCUT2D eigenvalue weighted by molar-refractivity contribution is 0.0386. The van der Waals surface area contributed by atoms with Gasteiger partial charge in [0, 0.05) is 17.6 Å². The van der Waals surface area contributed by atoms with Gasteiger partial charge in [0.15, 0.2) is 0 Å². The van der Waals surface area contributed by atoms with Gasteiger partial charge in [-0.1, -0.05) is 27.5 Å². The summed E-state index contributed by atoms with van der Waals surface area (Å²) in [4.78, 5) is 0. The Hall–Kier alpha value is -0.290. The van der Waals surface area contributed by atoms with Crippen LogP contribution in [0.15, 0.2) is 22.7 Å². The van der Waals surface area contributed by atoms with Crippen LogP contribution in [0.5, 0.6) is 0 Å². The predicted molar refractivity (Wildman–Crippen MR) is 77.2 cm³/mol. The summed E-state index contributed by atoms with van der Waals surface area (Å²) >= 11 is 9.42. The molecule has 1 fully saturated rings. The number of anilines is 1. The fourth-order valence-corrected chi connectivity index (χ4v) is 2.12. The van der Waals surface area contributed by atoms with Crippen molar-refractivity contribution < 1.29 is 9.84 Å². The highest BCUT2D eigenvalue weighted by atomic mass is 79.9. The molecule has 0 bridgehead atoms. The van der Waals surface area contributed by atoms with E-state index >= 15 is 0 Å². The molecule has 18 heavy (non-hydrogen) atoms. The fraction of sp³-hybridized carbons (Fsp3) is 0.538. The van der Waals surface area contributed by atoms with Gasteiger partial charge in [-0.2, -0.15) is 0 Å². The van der Waals surface area contributed by atoms with Crippen LogP contribution in [0, 0.1) is 5.92 Å². The SMILES string of the molecule is OC(CNc1cc(Br)ccc1Cl)COCC1CC1. The molecule has 1 aromatic carbocycles. The molecule has 3 nitrogen and oxygen atoms in total. The molecule has 1 aromatic rings. The summed E-state index contributed by atoms with van der Waals surface area (Å²) in [7, 11) is 0. The highest BCUT2D eigenvalue weighted by Crippen LogP contribution is 2.29. The molecule has 0 aromatic heterocycles. The van der Waals surface area contributed by atoms with Crippen LogP contribution in [0.2, 0.25) is 5.02 Å². The van der Waals surface area contributed by atoms with E-state index in [0.29, 0.717) is 18.2 Å². The molecule has 1 aliphatic rings. The molecule has 0 radical (unpaired) electrons. The van der Waals surface area contributed by atoms with Gasteiger partial charge < -0.3 is 15.2 Å². The zero-order valence-corrected chi connectivity index (χ0v) is 12.4. The first-order chi connectivity index (χ1) is 8.65. The monoisotopic (exact) mass is 333 g/mol. The van der Waals surface area contributed by atoms with Gasteiger partial charge >= 0.3 is 0 Å². The average Bonchev–Trinajstić information content (AvgIpc) is 3.14. The number of aliphatic hydroxyl groups excluding tert-OH is 1. The van der Waals surface area contributed by atoms with Crippen molar-refractivity contribution in [3.8, 4) is 0 Å². The van der Waals surface area contributed by atoms with Crippen molar-refractivity contribution in [3.05, 3.63) is 27.7 Å². The summed E-state index contributed by atoms with van der Waals surface area (Å²) in [5, 5.41) is 13.5. The summed E-state index contributed by atoms with van der Waals surface area (Å²) in [5.74, 6) is 0.727. The van der Waals surface area contributed by atoms with Gasteiger partial charge in [-0.05, 0) is 37.0 Å². The molecule has 1 atom stereocenters. The van der Waals surface area contributed by atoms with Crippen LogP contribution in [0.4, 0.5) is 5.69 Å². The Bertz CT molecular complexity index is 399. The van der Waals surface area contributed by atoms with Gasteiger partial charge in [0.25, 0.3) is 0 Å². The van der Waals surface area contributed by atoms with E-state index < -0.39 is 6.10 Å². The Morgan fingerprint density at radius 1 is 1.50 bits per heavy atom. The third-order valence-electron chi connectivity index (χ3n) is 2.82. The lowest BCUT2D eigenvalue weighted by Crippen LogP contribution is -2.25. The minimum absolute atomic E-state index is 0.370. The maximum Gasteiger partial charge on any atom is 0.0945 e. The Kier molecular flexibility index (Phi) is 5.30. The first-order valence-electron chi connectivity index (χ1n) is 6.10. The van der Waals surface area contributed by atoms with Gasteiger partial charge in [0.2, 0.25) is 0 Å². The molecule has 0 amide bonds. The van der Waals surface area contributed by atoms with E-state index in [1.807, 2.05) is 18.2 Å². The van der Waals surface area contributed by atoms with Crippen molar-refractivity contribution in [3.63, 3.8) is 0 Å². The molecule has 5 heteroatoms. The van der Waals surface area contributed by atoms with Crippen LogP contribution in [-0.2, 0) is 4.74 Å². The zero-order valence-electron chi connectivity index (χ0n) is 10.0. The molecule has 100 valence electrons. The Morgan fingerprint density at radius 3 is 3.00 bits per heavy atom. The van der Waals surface area contributed by atoms with Gasteiger partial charge in [-0.15, -0.1) is 0 Å². The largest absolute Gasteiger partial charge is 0.389 e. The van der Waals surface area contributed by atoms with Crippen LogP contribution in [0.1, 0.15) is 12.8 Å². The lowest BCUT2D eigenvalue weighted by Gasteiger charge is -2.14. The standard InChI is InChI=1S/C13H17BrClNO2/c14-10-3-4-12(15)13(5-10)16-6-11(17)8-18-7-9-1-2-9/h3-5,9,11,16-17H,1-2,6-8H2. The van der Waals surface area contributed by atoms with E-state index in [4.69, 9.17) is 16.3 Å². The minimum atomic E-state index is -0.515. The molecule has 1 aliphatic carbocycles. The number of ether oxygens (including phenoxy) is 1. The first-order valence-corrected chi connectivity index (χ1v) is 7.27. The second-order valence-corrected chi connectivity index (χ2v) is 5.96. The molecule has 0 saturated heterocycles. The van der Waals surface area contributed by atoms with Crippen molar-refractivity contribution in [2.75, 3.05) is 25.1 Å². The van der Waals surface area contributed by atoms with E-state index in [2.05, 4.69) is 21.2 Å². The van der Waals surface area contributed by atoms with Gasteiger partial charge in [-0.3, -0.25) is 0 Å². The van der Waals surface area contributed by atoms with Gasteiger partial charge in [0.1, 0.15) is 0 Å². The Balaban J connectivity index is 1.70. The van der Waals surface area contributed by atoms with Crippen molar-refractivity contribution in [2.24, 2.45) is 5.92 Å². The molecule has 0 aliphatic heterocycles. The lowest BCUT2D eigenvalue weighted by atomic mass is 10.3. The second kappa shape index (κ2) is 6.75. The molecule has 2 N–H and O–H groups in total. The normalized spacial score (nSPS) is 16.6. The summed E-state index contributed by atoms with van der Waals surface area (Å²) in [5.41, 5.74) is 0.812. The maximum atomic E-state index is 9.76. The van der Waals surface area contributed by atoms with Crippen molar-refractivity contribution in [2.45, 2.75) is 18.9 Å². The van der Waals surface area contributed by atoms with Crippen LogP contribution in [-0.4, -0.2) is 31.0 Å². The summed E-state index contributed by atoms with van der Waals surface area (Å²) in [6, 6.07) is 5.58. The van der Waals surface area contributed by atoms with Crippen molar-refractivity contribution in [1.29, 1.82) is 0 Å². The molecule has 0 heterocycles. The smallest absolute Gasteiger partial charge is 0.0945 e. The van der Waals surface area contributed by atoms with Gasteiger partial charge in [-0.25, -0.2) is 0 Å². The summed E-state index contributed by atoms with van der Waals surface area (Å²) in [6.07, 6.45) is 2.02. The highest BCUT2D eigenvalue weighted by molar-refractivity contribution is 9.10. The van der Waals surface area contributed by atoms with Crippen LogP contribution >= 0.6 is 27.5 Å². The number of benzene rings is 1. The molecule has 1 saturated carbocycles.